The summed E-state index contributed by atoms with van der Waals surface area (Å²) in [6, 6.07) is 95.2. The molecule has 0 N–H and O–H groups in total. The van der Waals surface area contributed by atoms with E-state index in [-0.39, 0.29) is 0 Å². The van der Waals surface area contributed by atoms with Gasteiger partial charge in [-0.15, -0.1) is 0 Å². The van der Waals surface area contributed by atoms with Gasteiger partial charge in [0.05, 0.1) is 39.1 Å². The highest BCUT2D eigenvalue weighted by atomic mass is 15.1. The van der Waals surface area contributed by atoms with E-state index < -0.39 is 0 Å². The minimum Gasteiger partial charge on any atom is -0.292 e. The van der Waals surface area contributed by atoms with Gasteiger partial charge in [-0.3, -0.25) is 9.55 Å². The third-order valence-electron chi connectivity index (χ3n) is 15.3. The number of hydrogen-bond acceptors (Lipinski definition) is 4. The van der Waals surface area contributed by atoms with Crippen molar-refractivity contribution >= 4 is 65.2 Å². The van der Waals surface area contributed by atoms with Crippen molar-refractivity contribution in [1.29, 1.82) is 0 Å². The smallest absolute Gasteiger partial charge is 0.145 e. The first-order valence-corrected chi connectivity index (χ1v) is 26.1. The van der Waals surface area contributed by atoms with Gasteiger partial charge in [-0.25, -0.2) is 15.0 Å². The fourth-order valence-electron chi connectivity index (χ4n) is 11.7. The molecule has 0 radical (unpaired) electrons. The zero-order valence-corrected chi connectivity index (χ0v) is 41.7. The predicted molar refractivity (Wildman–Crippen MR) is 320 cm³/mol. The number of fused-ring (bicyclic) bond motifs is 7. The second-order valence-corrected chi connectivity index (χ2v) is 19.7. The van der Waals surface area contributed by atoms with Gasteiger partial charge in [0.2, 0.25) is 0 Å². The van der Waals surface area contributed by atoms with Crippen molar-refractivity contribution in [2.45, 2.75) is 0 Å². The molecule has 4 aromatic heterocycles. The van der Waals surface area contributed by atoms with Crippen molar-refractivity contribution in [2.75, 3.05) is 0 Å². The minimum absolute atomic E-state index is 0.799. The molecule has 15 rings (SSSR count). The van der Waals surface area contributed by atoms with Gasteiger partial charge in [-0.1, -0.05) is 218 Å². The quantitative estimate of drug-likeness (QED) is 0.112. The number of pyridine rings is 3. The topological polar surface area (TPSA) is 56.5 Å². The van der Waals surface area contributed by atoms with Crippen LogP contribution in [0.25, 0.3) is 149 Å². The number of aromatic nitrogens is 5. The number of nitrogens with zero attached hydrogens (tertiary/aromatic N) is 5. The SMILES string of the molecule is c1ccc(-c2cc(-c3ccc(-c4nc5ccccc5n4-c4ccc(-c5c6ccccc6c(-c6cccc7ccccc67)c6ccccc56)cc4)cc3)nc3c2ccc2c(-c4ccccc4)cc(-c4ccccn4)nc23)cc1. The summed E-state index contributed by atoms with van der Waals surface area (Å²) in [6.45, 7) is 0. The summed E-state index contributed by atoms with van der Waals surface area (Å²) < 4.78 is 2.29. The molecule has 4 heterocycles. The lowest BCUT2D eigenvalue weighted by molar-refractivity contribution is 1.10. The van der Waals surface area contributed by atoms with Crippen molar-refractivity contribution in [3.63, 3.8) is 0 Å². The molecule has 0 spiro atoms. The lowest BCUT2D eigenvalue weighted by Gasteiger charge is -2.19. The maximum absolute atomic E-state index is 5.53. The van der Waals surface area contributed by atoms with Gasteiger partial charge in [-0.05, 0) is 125 Å². The van der Waals surface area contributed by atoms with Gasteiger partial charge in [0.15, 0.2) is 0 Å². The molecule has 77 heavy (non-hydrogen) atoms. The Bertz CT molecular complexity index is 4700. The molecule has 0 amide bonds. The summed E-state index contributed by atoms with van der Waals surface area (Å²) in [7, 11) is 0. The first-order valence-electron chi connectivity index (χ1n) is 26.1. The van der Waals surface area contributed by atoms with Crippen LogP contribution in [0.15, 0.2) is 273 Å². The molecule has 0 saturated carbocycles. The summed E-state index contributed by atoms with van der Waals surface area (Å²) in [5.41, 5.74) is 18.4. The Balaban J connectivity index is 0.856. The summed E-state index contributed by atoms with van der Waals surface area (Å²) >= 11 is 0. The van der Waals surface area contributed by atoms with Crippen LogP contribution in [0.3, 0.4) is 0 Å². The minimum atomic E-state index is 0.799. The van der Waals surface area contributed by atoms with E-state index in [0.717, 1.165) is 100 Å². The Morgan fingerprint density at radius 2 is 0.805 bits per heavy atom. The molecule has 0 atom stereocenters. The molecule has 0 saturated heterocycles. The van der Waals surface area contributed by atoms with Crippen LogP contribution < -0.4 is 0 Å². The Morgan fingerprint density at radius 3 is 1.45 bits per heavy atom. The van der Waals surface area contributed by atoms with Gasteiger partial charge in [0.25, 0.3) is 0 Å². The predicted octanol–water partition coefficient (Wildman–Crippen LogP) is 18.6. The van der Waals surface area contributed by atoms with Crippen LogP contribution in [-0.2, 0) is 0 Å². The van der Waals surface area contributed by atoms with Gasteiger partial charge < -0.3 is 0 Å². The lowest BCUT2D eigenvalue weighted by atomic mass is 9.85. The van der Waals surface area contributed by atoms with Gasteiger partial charge in [-0.2, -0.15) is 0 Å². The van der Waals surface area contributed by atoms with Crippen molar-refractivity contribution in [2.24, 2.45) is 0 Å². The van der Waals surface area contributed by atoms with Crippen LogP contribution in [-0.4, -0.2) is 24.5 Å². The standard InChI is InChI=1S/C72H45N5/c1-3-18-47(19-4-1)61-44-65(74-70-59(61)41-42-60-62(48-20-5-2-6-21-48)45-66(75-71(60)70)63-30-15-16-43-73-63)49-33-35-51(36-34-49)72-76-64-31-13-14-32-67(64)77(72)52-39-37-50(38-40-52)68-55-25-9-11-27-57(55)69(58-28-12-10-26-56(58)68)54-29-17-23-46-22-7-8-24-53(46)54/h1-45H. The Labute approximate surface area is 444 Å². The first kappa shape index (κ1) is 44.2. The van der Waals surface area contributed by atoms with Gasteiger partial charge in [0, 0.05) is 33.8 Å². The average molecular weight is 980 g/mol. The largest absolute Gasteiger partial charge is 0.292 e. The Kier molecular flexibility index (Phi) is 10.5. The third kappa shape index (κ3) is 7.47. The summed E-state index contributed by atoms with van der Waals surface area (Å²) in [4.78, 5) is 21.0. The second-order valence-electron chi connectivity index (χ2n) is 19.7. The number of hydrogen-bond donors (Lipinski definition) is 0. The fourth-order valence-corrected chi connectivity index (χ4v) is 11.7. The molecule has 0 aliphatic heterocycles. The fraction of sp³-hybridized carbons (Fsp3) is 0. The highest BCUT2D eigenvalue weighted by Gasteiger charge is 2.21. The van der Waals surface area contributed by atoms with E-state index in [0.29, 0.717) is 0 Å². The molecule has 0 bridgehead atoms. The molecule has 0 aliphatic rings. The van der Waals surface area contributed by atoms with Crippen LogP contribution >= 0.6 is 0 Å². The van der Waals surface area contributed by atoms with E-state index in [9.17, 15) is 0 Å². The zero-order valence-electron chi connectivity index (χ0n) is 41.7. The summed E-state index contributed by atoms with van der Waals surface area (Å²) in [5.74, 6) is 0.864. The molecule has 0 aliphatic carbocycles. The number of benzene rings is 11. The number of imidazole rings is 1. The van der Waals surface area contributed by atoms with Gasteiger partial charge >= 0.3 is 0 Å². The lowest BCUT2D eigenvalue weighted by Crippen LogP contribution is -1.98. The molecule has 15 aromatic rings. The maximum atomic E-state index is 5.53. The number of para-hydroxylation sites is 2. The van der Waals surface area contributed by atoms with E-state index in [4.69, 9.17) is 19.9 Å². The normalized spacial score (nSPS) is 11.6. The van der Waals surface area contributed by atoms with Crippen LogP contribution in [0.1, 0.15) is 0 Å². The molecule has 5 nitrogen and oxygen atoms in total. The Hall–Kier alpha value is -10.4. The second kappa shape index (κ2) is 18.2. The highest BCUT2D eigenvalue weighted by Crippen LogP contribution is 2.46. The third-order valence-corrected chi connectivity index (χ3v) is 15.3. The molecule has 5 heteroatoms. The summed E-state index contributed by atoms with van der Waals surface area (Å²) in [6.07, 6.45) is 1.82. The van der Waals surface area contributed by atoms with Crippen molar-refractivity contribution in [3.05, 3.63) is 273 Å². The van der Waals surface area contributed by atoms with Crippen molar-refractivity contribution in [1.82, 2.24) is 24.5 Å². The van der Waals surface area contributed by atoms with Crippen molar-refractivity contribution < 1.29 is 0 Å². The molecule has 0 unspecified atom stereocenters. The highest BCUT2D eigenvalue weighted by molar-refractivity contribution is 6.23. The van der Waals surface area contributed by atoms with E-state index in [1.807, 2.05) is 24.4 Å². The molecule has 11 aromatic carbocycles. The molecular weight excluding hydrogens is 935 g/mol. The Morgan fingerprint density at radius 1 is 0.286 bits per heavy atom. The van der Waals surface area contributed by atoms with Crippen molar-refractivity contribution in [3.8, 4) is 84.2 Å². The monoisotopic (exact) mass is 979 g/mol. The van der Waals surface area contributed by atoms with Crippen LogP contribution in [0, 0.1) is 0 Å². The van der Waals surface area contributed by atoms with E-state index in [2.05, 4.69) is 253 Å². The van der Waals surface area contributed by atoms with Gasteiger partial charge in [0.1, 0.15) is 5.82 Å². The average Bonchev–Trinajstić information content (AvgIpc) is 4.05. The molecule has 358 valence electrons. The number of rotatable bonds is 8. The van der Waals surface area contributed by atoms with Crippen LogP contribution in [0.4, 0.5) is 0 Å². The van der Waals surface area contributed by atoms with Crippen LogP contribution in [0.2, 0.25) is 0 Å². The molecule has 0 fully saturated rings. The summed E-state index contributed by atoms with van der Waals surface area (Å²) in [5, 5.41) is 9.48. The first-order chi connectivity index (χ1) is 38.2. The maximum Gasteiger partial charge on any atom is 0.145 e. The molecular formula is C72H45N5. The van der Waals surface area contributed by atoms with E-state index in [1.165, 1.54) is 49.0 Å². The zero-order chi connectivity index (χ0) is 50.8. The van der Waals surface area contributed by atoms with E-state index in [1.54, 1.807) is 0 Å². The van der Waals surface area contributed by atoms with E-state index >= 15 is 0 Å². The van der Waals surface area contributed by atoms with Crippen LogP contribution in [0.5, 0.6) is 0 Å².